The van der Waals surface area contributed by atoms with Crippen molar-refractivity contribution in [2.45, 2.75) is 57.8 Å². The average Bonchev–Trinajstić information content (AvgIpc) is 2.86. The molecule has 0 aromatic carbocycles. The SMILES string of the molecule is CC1CCN(CC(O)COCC2CCCO2)C(C)C1. The molecule has 0 spiro atoms. The monoisotopic (exact) mass is 271 g/mol. The Hall–Kier alpha value is -0.160. The van der Waals surface area contributed by atoms with Gasteiger partial charge in [0.15, 0.2) is 0 Å². The minimum atomic E-state index is -0.378. The van der Waals surface area contributed by atoms with Crippen LogP contribution in [0.1, 0.15) is 39.5 Å². The van der Waals surface area contributed by atoms with Crippen LogP contribution in [-0.2, 0) is 9.47 Å². The molecule has 2 rings (SSSR count). The predicted octanol–water partition coefficient (Wildman–Crippen LogP) is 1.66. The van der Waals surface area contributed by atoms with Gasteiger partial charge in [0.05, 0.1) is 25.4 Å². The molecule has 2 aliphatic rings. The number of β-amino-alcohol motifs (C(OH)–C–C–N with tert-alkyl or cyclic N) is 1. The minimum Gasteiger partial charge on any atom is -0.389 e. The van der Waals surface area contributed by atoms with Crippen molar-refractivity contribution in [1.82, 2.24) is 4.90 Å². The van der Waals surface area contributed by atoms with Crippen LogP contribution in [0.15, 0.2) is 0 Å². The summed E-state index contributed by atoms with van der Waals surface area (Å²) >= 11 is 0. The maximum absolute atomic E-state index is 10.1. The average molecular weight is 271 g/mol. The van der Waals surface area contributed by atoms with E-state index in [9.17, 15) is 5.11 Å². The normalized spacial score (nSPS) is 34.6. The molecule has 0 amide bonds. The number of rotatable bonds is 6. The Balaban J connectivity index is 1.59. The Morgan fingerprint density at radius 2 is 2.21 bits per heavy atom. The van der Waals surface area contributed by atoms with Gasteiger partial charge in [-0.2, -0.15) is 0 Å². The number of piperidine rings is 1. The first kappa shape index (κ1) is 15.2. The molecule has 0 saturated carbocycles. The fourth-order valence-electron chi connectivity index (χ4n) is 3.16. The summed E-state index contributed by atoms with van der Waals surface area (Å²) in [7, 11) is 0. The van der Waals surface area contributed by atoms with E-state index in [1.807, 2.05) is 0 Å². The molecule has 4 unspecified atom stereocenters. The van der Waals surface area contributed by atoms with Crippen LogP contribution >= 0.6 is 0 Å². The highest BCUT2D eigenvalue weighted by Gasteiger charge is 2.24. The lowest BCUT2D eigenvalue weighted by atomic mass is 9.93. The van der Waals surface area contributed by atoms with E-state index in [0.29, 0.717) is 19.3 Å². The highest BCUT2D eigenvalue weighted by atomic mass is 16.5. The molecule has 1 N–H and O–H groups in total. The van der Waals surface area contributed by atoms with Gasteiger partial charge in [0.1, 0.15) is 0 Å². The van der Waals surface area contributed by atoms with E-state index < -0.39 is 0 Å². The molecular weight excluding hydrogens is 242 g/mol. The summed E-state index contributed by atoms with van der Waals surface area (Å²) in [4.78, 5) is 2.39. The number of hydrogen-bond acceptors (Lipinski definition) is 4. The summed E-state index contributed by atoms with van der Waals surface area (Å²) < 4.78 is 11.1. The van der Waals surface area contributed by atoms with Gasteiger partial charge >= 0.3 is 0 Å². The number of likely N-dealkylation sites (tertiary alicyclic amines) is 1. The van der Waals surface area contributed by atoms with Crippen LogP contribution in [0.3, 0.4) is 0 Å². The van der Waals surface area contributed by atoms with Crippen molar-refractivity contribution in [3.8, 4) is 0 Å². The molecule has 0 radical (unpaired) electrons. The highest BCUT2D eigenvalue weighted by Crippen LogP contribution is 2.22. The number of ether oxygens (including phenoxy) is 2. The minimum absolute atomic E-state index is 0.252. The van der Waals surface area contributed by atoms with Crippen LogP contribution in [0.5, 0.6) is 0 Å². The maximum Gasteiger partial charge on any atom is 0.0900 e. The summed E-state index contributed by atoms with van der Waals surface area (Å²) in [5.41, 5.74) is 0. The van der Waals surface area contributed by atoms with E-state index in [4.69, 9.17) is 9.47 Å². The van der Waals surface area contributed by atoms with Gasteiger partial charge in [-0.3, -0.25) is 4.90 Å². The van der Waals surface area contributed by atoms with Gasteiger partial charge in [0.2, 0.25) is 0 Å². The smallest absolute Gasteiger partial charge is 0.0900 e. The number of hydrogen-bond donors (Lipinski definition) is 1. The van der Waals surface area contributed by atoms with Crippen molar-refractivity contribution in [3.05, 3.63) is 0 Å². The molecule has 0 aromatic heterocycles. The molecule has 0 aliphatic carbocycles. The van der Waals surface area contributed by atoms with Crippen molar-refractivity contribution >= 4 is 0 Å². The van der Waals surface area contributed by atoms with Gasteiger partial charge in [-0.15, -0.1) is 0 Å². The lowest BCUT2D eigenvalue weighted by Crippen LogP contribution is -2.45. The van der Waals surface area contributed by atoms with Crippen LogP contribution < -0.4 is 0 Å². The molecule has 4 heteroatoms. The third-order valence-corrected chi connectivity index (χ3v) is 4.36. The van der Waals surface area contributed by atoms with Crippen molar-refractivity contribution in [2.75, 3.05) is 32.9 Å². The molecule has 2 fully saturated rings. The van der Waals surface area contributed by atoms with Gasteiger partial charge in [-0.25, -0.2) is 0 Å². The van der Waals surface area contributed by atoms with Crippen LogP contribution in [0, 0.1) is 5.92 Å². The molecule has 112 valence electrons. The summed E-state index contributed by atoms with van der Waals surface area (Å²) in [5.74, 6) is 0.819. The van der Waals surface area contributed by atoms with E-state index >= 15 is 0 Å². The van der Waals surface area contributed by atoms with E-state index in [1.165, 1.54) is 12.8 Å². The quantitative estimate of drug-likeness (QED) is 0.798. The molecule has 2 aliphatic heterocycles. The molecule has 0 bridgehead atoms. The number of aliphatic hydroxyl groups excluding tert-OH is 1. The Bertz CT molecular complexity index is 256. The third-order valence-electron chi connectivity index (χ3n) is 4.36. The topological polar surface area (TPSA) is 41.9 Å². The van der Waals surface area contributed by atoms with Crippen LogP contribution in [0.4, 0.5) is 0 Å². The zero-order valence-corrected chi connectivity index (χ0v) is 12.4. The largest absolute Gasteiger partial charge is 0.389 e. The van der Waals surface area contributed by atoms with Gasteiger partial charge in [-0.05, 0) is 45.1 Å². The standard InChI is InChI=1S/C15H29NO3/c1-12-5-6-16(13(2)8-12)9-14(17)10-18-11-15-4-3-7-19-15/h12-15,17H,3-11H2,1-2H3. The molecule has 4 atom stereocenters. The second-order valence-electron chi connectivity index (χ2n) is 6.30. The van der Waals surface area contributed by atoms with Gasteiger partial charge < -0.3 is 14.6 Å². The first-order chi connectivity index (χ1) is 9.15. The Morgan fingerprint density at radius 3 is 2.89 bits per heavy atom. The summed E-state index contributed by atoms with van der Waals surface area (Å²) in [6, 6.07) is 0.580. The summed E-state index contributed by atoms with van der Waals surface area (Å²) in [5, 5.41) is 10.1. The Kier molecular flexibility index (Phi) is 6.07. The fraction of sp³-hybridized carbons (Fsp3) is 1.00. The van der Waals surface area contributed by atoms with E-state index in [-0.39, 0.29) is 12.2 Å². The van der Waals surface area contributed by atoms with Gasteiger partial charge in [-0.1, -0.05) is 6.92 Å². The fourth-order valence-corrected chi connectivity index (χ4v) is 3.16. The summed E-state index contributed by atoms with van der Waals surface area (Å²) in [6.07, 6.45) is 4.59. The molecule has 2 saturated heterocycles. The van der Waals surface area contributed by atoms with E-state index in [1.54, 1.807) is 0 Å². The van der Waals surface area contributed by atoms with Crippen LogP contribution in [0.2, 0.25) is 0 Å². The molecule has 2 heterocycles. The molecule has 19 heavy (non-hydrogen) atoms. The van der Waals surface area contributed by atoms with Crippen molar-refractivity contribution in [1.29, 1.82) is 0 Å². The van der Waals surface area contributed by atoms with Crippen molar-refractivity contribution in [2.24, 2.45) is 5.92 Å². The Morgan fingerprint density at radius 1 is 1.37 bits per heavy atom. The third kappa shape index (κ3) is 5.03. The summed E-state index contributed by atoms with van der Waals surface area (Å²) in [6.45, 7) is 8.33. The molecular formula is C15H29NO3. The van der Waals surface area contributed by atoms with Gasteiger partial charge in [0, 0.05) is 19.2 Å². The first-order valence-corrected chi connectivity index (χ1v) is 7.76. The lowest BCUT2D eigenvalue weighted by molar-refractivity contribution is -0.0319. The maximum atomic E-state index is 10.1. The highest BCUT2D eigenvalue weighted by molar-refractivity contribution is 4.78. The van der Waals surface area contributed by atoms with Gasteiger partial charge in [0.25, 0.3) is 0 Å². The first-order valence-electron chi connectivity index (χ1n) is 7.76. The predicted molar refractivity (Wildman–Crippen MR) is 75.2 cm³/mol. The molecule has 0 aromatic rings. The number of aliphatic hydroxyl groups is 1. The van der Waals surface area contributed by atoms with Crippen LogP contribution in [-0.4, -0.2) is 61.2 Å². The second kappa shape index (κ2) is 7.58. The van der Waals surface area contributed by atoms with Crippen molar-refractivity contribution < 1.29 is 14.6 Å². The van der Waals surface area contributed by atoms with Crippen molar-refractivity contribution in [3.63, 3.8) is 0 Å². The van der Waals surface area contributed by atoms with Crippen LogP contribution in [0.25, 0.3) is 0 Å². The zero-order chi connectivity index (χ0) is 13.7. The molecule has 4 nitrogen and oxygen atoms in total. The number of nitrogens with zero attached hydrogens (tertiary/aromatic N) is 1. The van der Waals surface area contributed by atoms with E-state index in [2.05, 4.69) is 18.7 Å². The second-order valence-corrected chi connectivity index (χ2v) is 6.30. The van der Waals surface area contributed by atoms with E-state index in [0.717, 1.165) is 38.5 Å². The lowest BCUT2D eigenvalue weighted by Gasteiger charge is -2.37. The Labute approximate surface area is 117 Å². The zero-order valence-electron chi connectivity index (χ0n) is 12.4.